The maximum Gasteiger partial charge on any atom is 0.320 e. The zero-order chi connectivity index (χ0) is 10.9. The van der Waals surface area contributed by atoms with Crippen LogP contribution in [0.25, 0.3) is 0 Å². The molecule has 1 rings (SSSR count). The molecule has 0 aromatic rings. The minimum Gasteiger partial charge on any atom is -0.480 e. The van der Waals surface area contributed by atoms with Gasteiger partial charge < -0.3 is 19.7 Å². The van der Waals surface area contributed by atoms with Gasteiger partial charge >= 0.3 is 5.97 Å². The lowest BCUT2D eigenvalue weighted by Crippen LogP contribution is -2.40. The van der Waals surface area contributed by atoms with Gasteiger partial charge in [-0.2, -0.15) is 0 Å². The Labute approximate surface area is 90.1 Å². The minimum absolute atomic E-state index is 0.198. The molecule has 1 aliphatic rings. The topological polar surface area (TPSA) is 76.0 Å². The lowest BCUT2D eigenvalue weighted by Gasteiger charge is -2.21. The molecule has 1 fully saturated rings. The third-order valence-electron chi connectivity index (χ3n) is 1.95. The van der Waals surface area contributed by atoms with E-state index in [1.807, 2.05) is 0 Å². The number of aliphatic carboxylic acids is 1. The normalized spacial score (nSPS) is 29.9. The van der Waals surface area contributed by atoms with E-state index in [0.29, 0.717) is 0 Å². The van der Waals surface area contributed by atoms with Gasteiger partial charge in [0.1, 0.15) is 17.0 Å². The first-order valence-corrected chi connectivity index (χ1v) is 5.12. The highest BCUT2D eigenvalue weighted by Crippen LogP contribution is 2.26. The highest BCUT2D eigenvalue weighted by molar-refractivity contribution is 9.10. The van der Waals surface area contributed by atoms with E-state index in [0.717, 1.165) is 0 Å². The molecular weight excluding hydrogens is 256 g/mol. The number of halogens is 1. The molecule has 5 nitrogen and oxygen atoms in total. The molecule has 0 saturated carbocycles. The summed E-state index contributed by atoms with van der Waals surface area (Å²) in [5, 5.41) is 18.2. The van der Waals surface area contributed by atoms with Crippen molar-refractivity contribution in [3.8, 4) is 0 Å². The van der Waals surface area contributed by atoms with E-state index in [9.17, 15) is 9.90 Å². The number of hydrogen-bond donors (Lipinski definition) is 2. The van der Waals surface area contributed by atoms with E-state index in [4.69, 9.17) is 14.6 Å². The molecule has 0 amide bonds. The minimum atomic E-state index is -1.12. The van der Waals surface area contributed by atoms with Crippen LogP contribution in [0.2, 0.25) is 0 Å². The number of rotatable bonds is 3. The van der Waals surface area contributed by atoms with Crippen molar-refractivity contribution in [2.24, 2.45) is 0 Å². The van der Waals surface area contributed by atoms with Crippen LogP contribution in [0.1, 0.15) is 13.8 Å². The highest BCUT2D eigenvalue weighted by Gasteiger charge is 2.41. The largest absolute Gasteiger partial charge is 0.480 e. The Hall–Kier alpha value is -0.170. The smallest absolute Gasteiger partial charge is 0.320 e. The van der Waals surface area contributed by atoms with E-state index in [2.05, 4.69) is 15.9 Å². The summed E-state index contributed by atoms with van der Waals surface area (Å²) in [7, 11) is 0. The summed E-state index contributed by atoms with van der Waals surface area (Å²) in [4.78, 5) is 9.52. The van der Waals surface area contributed by atoms with Crippen LogP contribution >= 0.6 is 15.9 Å². The maximum atomic E-state index is 10.6. The summed E-state index contributed by atoms with van der Waals surface area (Å²) in [6.07, 6.45) is -1.72. The first kappa shape index (κ1) is 11.9. The van der Waals surface area contributed by atoms with Gasteiger partial charge in [0.05, 0.1) is 6.61 Å². The molecule has 0 radical (unpaired) electrons. The predicted octanol–water partition coefficient (Wildman–Crippen LogP) is 0.347. The maximum absolute atomic E-state index is 10.6. The van der Waals surface area contributed by atoms with Gasteiger partial charge in [-0.25, -0.2) is 0 Å². The molecule has 1 aliphatic heterocycles. The third-order valence-corrected chi connectivity index (χ3v) is 2.88. The molecule has 2 unspecified atom stereocenters. The second kappa shape index (κ2) is 4.14. The van der Waals surface area contributed by atoms with Crippen LogP contribution in [-0.4, -0.2) is 45.6 Å². The molecule has 6 heteroatoms. The summed E-state index contributed by atoms with van der Waals surface area (Å²) in [6.45, 7) is 3.62. The van der Waals surface area contributed by atoms with E-state index in [1.165, 1.54) is 0 Å². The predicted molar refractivity (Wildman–Crippen MR) is 51.3 cm³/mol. The lowest BCUT2D eigenvalue weighted by molar-refractivity contribution is -0.156. The number of carbonyl (C=O) groups is 1. The first-order chi connectivity index (χ1) is 6.33. The summed E-state index contributed by atoms with van der Waals surface area (Å²) >= 11 is 2.87. The van der Waals surface area contributed by atoms with Crippen LogP contribution < -0.4 is 0 Å². The SMILES string of the molecule is CC1(C)OC[C@H](C(O)C(Br)C(=O)O)O1. The number of aliphatic hydroxyl groups is 1. The van der Waals surface area contributed by atoms with Crippen molar-refractivity contribution in [2.75, 3.05) is 6.61 Å². The van der Waals surface area contributed by atoms with Gasteiger partial charge in [-0.15, -0.1) is 0 Å². The zero-order valence-corrected chi connectivity index (χ0v) is 9.52. The molecule has 0 bridgehead atoms. The summed E-state index contributed by atoms with van der Waals surface area (Å²) in [5.41, 5.74) is 0. The third kappa shape index (κ3) is 2.66. The van der Waals surface area contributed by atoms with Gasteiger partial charge in [0.2, 0.25) is 0 Å². The van der Waals surface area contributed by atoms with Crippen LogP contribution in [-0.2, 0) is 14.3 Å². The zero-order valence-electron chi connectivity index (χ0n) is 7.94. The van der Waals surface area contributed by atoms with Gasteiger partial charge in [0.15, 0.2) is 5.79 Å². The molecule has 0 aliphatic carbocycles. The fraction of sp³-hybridized carbons (Fsp3) is 0.875. The number of carboxylic acids is 1. The van der Waals surface area contributed by atoms with Crippen LogP contribution in [0.3, 0.4) is 0 Å². The van der Waals surface area contributed by atoms with Crippen molar-refractivity contribution in [1.29, 1.82) is 0 Å². The molecule has 0 aromatic heterocycles. The molecule has 3 atom stereocenters. The Kier molecular flexibility index (Phi) is 3.52. The van der Waals surface area contributed by atoms with Crippen LogP contribution in [0, 0.1) is 0 Å². The first-order valence-electron chi connectivity index (χ1n) is 4.20. The second-order valence-electron chi connectivity index (χ2n) is 3.60. The van der Waals surface area contributed by atoms with E-state index >= 15 is 0 Å². The molecular formula is C8H13BrO5. The Morgan fingerprint density at radius 3 is 2.57 bits per heavy atom. The van der Waals surface area contributed by atoms with Gasteiger partial charge in [-0.05, 0) is 13.8 Å². The average molecular weight is 269 g/mol. The molecule has 14 heavy (non-hydrogen) atoms. The molecule has 1 heterocycles. The second-order valence-corrected chi connectivity index (χ2v) is 4.58. The fourth-order valence-electron chi connectivity index (χ4n) is 1.22. The van der Waals surface area contributed by atoms with Crippen molar-refractivity contribution in [2.45, 2.75) is 36.7 Å². The quantitative estimate of drug-likeness (QED) is 0.723. The molecule has 0 aromatic carbocycles. The number of alkyl halides is 1. The number of hydrogen-bond acceptors (Lipinski definition) is 4. The van der Waals surface area contributed by atoms with E-state index < -0.39 is 28.8 Å². The molecule has 1 saturated heterocycles. The Morgan fingerprint density at radius 1 is 1.64 bits per heavy atom. The summed E-state index contributed by atoms with van der Waals surface area (Å²) in [5.74, 6) is -1.87. The average Bonchev–Trinajstić information content (AvgIpc) is 2.43. The number of ether oxygens (including phenoxy) is 2. The Bertz CT molecular complexity index is 230. The monoisotopic (exact) mass is 268 g/mol. The van der Waals surface area contributed by atoms with Crippen molar-refractivity contribution in [3.05, 3.63) is 0 Å². The Balaban J connectivity index is 2.55. The van der Waals surface area contributed by atoms with Crippen LogP contribution in [0.5, 0.6) is 0 Å². The van der Waals surface area contributed by atoms with Gasteiger partial charge in [0.25, 0.3) is 0 Å². The number of aliphatic hydroxyl groups excluding tert-OH is 1. The van der Waals surface area contributed by atoms with Gasteiger partial charge in [0, 0.05) is 0 Å². The van der Waals surface area contributed by atoms with Gasteiger partial charge in [-0.3, -0.25) is 4.79 Å². The molecule has 2 N–H and O–H groups in total. The Morgan fingerprint density at radius 2 is 2.21 bits per heavy atom. The van der Waals surface area contributed by atoms with Crippen molar-refractivity contribution >= 4 is 21.9 Å². The van der Waals surface area contributed by atoms with Crippen molar-refractivity contribution < 1.29 is 24.5 Å². The van der Waals surface area contributed by atoms with E-state index in [1.54, 1.807) is 13.8 Å². The van der Waals surface area contributed by atoms with Gasteiger partial charge in [-0.1, -0.05) is 15.9 Å². The summed E-state index contributed by atoms with van der Waals surface area (Å²) < 4.78 is 10.5. The highest BCUT2D eigenvalue weighted by atomic mass is 79.9. The fourth-order valence-corrected chi connectivity index (χ4v) is 1.56. The summed E-state index contributed by atoms with van der Waals surface area (Å²) in [6, 6.07) is 0. The van der Waals surface area contributed by atoms with Crippen molar-refractivity contribution in [1.82, 2.24) is 0 Å². The number of carboxylic acid groups (broad SMARTS) is 1. The standard InChI is InChI=1S/C8H13BrO5/c1-8(2)13-3-4(14-8)6(10)5(9)7(11)12/h4-6,10H,3H2,1-2H3,(H,11,12)/t4-,5?,6?/m1/s1. The van der Waals surface area contributed by atoms with Crippen LogP contribution in [0.15, 0.2) is 0 Å². The molecule has 0 spiro atoms. The molecule has 82 valence electrons. The van der Waals surface area contributed by atoms with Crippen LogP contribution in [0.4, 0.5) is 0 Å². The van der Waals surface area contributed by atoms with E-state index in [-0.39, 0.29) is 6.61 Å². The van der Waals surface area contributed by atoms with Crippen molar-refractivity contribution in [3.63, 3.8) is 0 Å². The lowest BCUT2D eigenvalue weighted by atomic mass is 10.1.